The van der Waals surface area contributed by atoms with Crippen LogP contribution in [0.3, 0.4) is 0 Å². The molecule has 0 aromatic carbocycles. The third-order valence-corrected chi connectivity index (χ3v) is 0. The third kappa shape index (κ3) is 30.4. The van der Waals surface area contributed by atoms with Gasteiger partial charge in [-0.25, -0.2) is 0 Å². The molecule has 0 aromatic heterocycles. The van der Waals surface area contributed by atoms with Crippen LogP contribution >= 0.6 is 0 Å². The molecule has 0 N–H and O–H groups in total. The average molecular weight is 396 g/mol. The van der Waals surface area contributed by atoms with Gasteiger partial charge in [0.05, 0.1) is 0 Å². The first-order valence-corrected chi connectivity index (χ1v) is 0. The van der Waals surface area contributed by atoms with Crippen LogP contribution in [0, 0.1) is 0 Å². The fourth-order valence-electron chi connectivity index (χ4n) is 0. The molecule has 0 saturated carbocycles. The summed E-state index contributed by atoms with van der Waals surface area (Å²) in [4.78, 5) is 0. The first-order valence-electron chi connectivity index (χ1n) is 0. The van der Waals surface area contributed by atoms with Gasteiger partial charge in [0.1, 0.15) is 0 Å². The van der Waals surface area contributed by atoms with E-state index in [1.165, 1.54) is 0 Å². The van der Waals surface area contributed by atoms with Crippen molar-refractivity contribution in [3.8, 4) is 0 Å². The first-order chi connectivity index (χ1) is 0. The van der Waals surface area contributed by atoms with E-state index < -0.39 is 0 Å². The zero-order valence-electron chi connectivity index (χ0n) is 2.45. The van der Waals surface area contributed by atoms with Gasteiger partial charge in [0.15, 0.2) is 0 Å². The van der Waals surface area contributed by atoms with Crippen LogP contribution in [0.2, 0.25) is 0 Å². The topological polar surface area (TPSA) is 0 Å². The standard InChI is InChI=1S/Ge.Pt.4S/q2*+4;4*-2. The molecular weight excluding hydrogens is 396 g/mol. The minimum atomic E-state index is 0. The van der Waals surface area contributed by atoms with Gasteiger partial charge in [-0.3, -0.25) is 0 Å². The smallest absolute Gasteiger partial charge is 2.00 e. The summed E-state index contributed by atoms with van der Waals surface area (Å²) in [6.07, 6.45) is 0. The first kappa shape index (κ1) is 72.6. The quantitative estimate of drug-likeness (QED) is 0.490. The monoisotopic (exact) mass is 397 g/mol. The van der Waals surface area contributed by atoms with Gasteiger partial charge < -0.3 is 54.0 Å². The van der Waals surface area contributed by atoms with Gasteiger partial charge in [-0.05, 0) is 0 Å². The minimum Gasteiger partial charge on any atom is -2.00 e. The maximum atomic E-state index is 0. The molecule has 0 unspecified atom stereocenters. The normalized spacial score (nSPS) is 0. The Hall–Kier alpha value is 2.63. The predicted molar refractivity (Wildman–Crippen MR) is 35.2 cm³/mol. The Morgan fingerprint density at radius 1 is 0.500 bits per heavy atom. The Morgan fingerprint density at radius 3 is 0.500 bits per heavy atom. The summed E-state index contributed by atoms with van der Waals surface area (Å²) in [5, 5.41) is 0. The van der Waals surface area contributed by atoms with Crippen LogP contribution in [0.1, 0.15) is 0 Å². The molecule has 6 heteroatoms. The van der Waals surface area contributed by atoms with Gasteiger partial charge in [0.25, 0.3) is 0 Å². The summed E-state index contributed by atoms with van der Waals surface area (Å²) >= 11 is 0. The molecule has 0 bridgehead atoms. The maximum Gasteiger partial charge on any atom is 4.00 e. The maximum absolute atomic E-state index is 0. The van der Waals surface area contributed by atoms with Crippen molar-refractivity contribution in [2.45, 2.75) is 0 Å². The molecular formula is GePtS4. The van der Waals surface area contributed by atoms with E-state index in [4.69, 9.17) is 0 Å². The van der Waals surface area contributed by atoms with Crippen molar-refractivity contribution in [2.24, 2.45) is 0 Å². The predicted octanol–water partition coefficient (Wildman–Crippen LogP) is -0.393. The van der Waals surface area contributed by atoms with Crippen LogP contribution in [0.5, 0.6) is 0 Å². The van der Waals surface area contributed by atoms with Gasteiger partial charge in [0, 0.05) is 0 Å². The van der Waals surface area contributed by atoms with Gasteiger partial charge >= 0.3 is 38.7 Å². The average Bonchev–Trinajstić information content (AvgIpc) is 0. The van der Waals surface area contributed by atoms with Crippen LogP contribution in [0.4, 0.5) is 0 Å². The van der Waals surface area contributed by atoms with Crippen LogP contribution in [-0.4, -0.2) is 17.6 Å². The molecule has 0 aliphatic heterocycles. The SMILES string of the molecule is [Ge+4].[Pt+4].[S-2].[S-2].[S-2].[S-2]. The zero-order valence-corrected chi connectivity index (χ0v) is 10.1. The molecule has 0 radical (unpaired) electrons. The van der Waals surface area contributed by atoms with Crippen molar-refractivity contribution in [1.82, 2.24) is 0 Å². The van der Waals surface area contributed by atoms with Crippen molar-refractivity contribution in [1.29, 1.82) is 0 Å². The Labute approximate surface area is 91.6 Å². The van der Waals surface area contributed by atoms with E-state index in [1.807, 2.05) is 0 Å². The van der Waals surface area contributed by atoms with E-state index in [1.54, 1.807) is 0 Å². The van der Waals surface area contributed by atoms with E-state index in [0.717, 1.165) is 0 Å². The third-order valence-electron chi connectivity index (χ3n) is 0. The summed E-state index contributed by atoms with van der Waals surface area (Å²) in [5.41, 5.74) is 0. The van der Waals surface area contributed by atoms with Crippen molar-refractivity contribution in [3.05, 3.63) is 0 Å². The van der Waals surface area contributed by atoms with Crippen molar-refractivity contribution < 1.29 is 21.1 Å². The number of hydrogen-bond donors (Lipinski definition) is 0. The summed E-state index contributed by atoms with van der Waals surface area (Å²) in [5.74, 6) is 0. The van der Waals surface area contributed by atoms with E-state index >= 15 is 0 Å². The molecule has 0 atom stereocenters. The molecule has 0 aliphatic carbocycles. The fraction of sp³-hybridized carbons (Fsp3) is 0. The summed E-state index contributed by atoms with van der Waals surface area (Å²) < 4.78 is 0. The van der Waals surface area contributed by atoms with E-state index in [-0.39, 0.29) is 92.6 Å². The van der Waals surface area contributed by atoms with Gasteiger partial charge in [0.2, 0.25) is 0 Å². The fourth-order valence-corrected chi connectivity index (χ4v) is 0. The summed E-state index contributed by atoms with van der Waals surface area (Å²) in [7, 11) is 0. The largest absolute Gasteiger partial charge is 4.00 e. The Balaban J connectivity index is 0. The van der Waals surface area contributed by atoms with E-state index in [2.05, 4.69) is 0 Å². The molecule has 0 amide bonds. The Kier molecular flexibility index (Phi) is 587. The Morgan fingerprint density at radius 2 is 0.500 bits per heavy atom. The second-order valence-corrected chi connectivity index (χ2v) is 0. The second kappa shape index (κ2) is 48.5. The Bertz CT molecular complexity index is 7.51. The summed E-state index contributed by atoms with van der Waals surface area (Å²) in [6, 6.07) is 0. The molecule has 0 aliphatic rings. The molecule has 0 aromatic rings. The van der Waals surface area contributed by atoms with E-state index in [0.29, 0.717) is 0 Å². The molecule has 0 heterocycles. The zero-order chi connectivity index (χ0) is 0. The van der Waals surface area contributed by atoms with Crippen LogP contribution in [0.15, 0.2) is 0 Å². The second-order valence-electron chi connectivity index (χ2n) is 0. The van der Waals surface area contributed by atoms with Crippen LogP contribution < -0.4 is 0 Å². The number of rotatable bonds is 0. The van der Waals surface area contributed by atoms with Crippen molar-refractivity contribution >= 4 is 71.6 Å². The molecule has 6 heavy (non-hydrogen) atoms. The molecule has 0 fully saturated rings. The molecule has 0 saturated heterocycles. The van der Waals surface area contributed by atoms with Gasteiger partial charge in [-0.15, -0.1) is 0 Å². The summed E-state index contributed by atoms with van der Waals surface area (Å²) in [6.45, 7) is 0. The van der Waals surface area contributed by atoms with Gasteiger partial charge in [-0.1, -0.05) is 0 Å². The minimum absolute atomic E-state index is 0. The van der Waals surface area contributed by atoms with E-state index in [9.17, 15) is 0 Å². The van der Waals surface area contributed by atoms with Crippen LogP contribution in [0.25, 0.3) is 0 Å². The van der Waals surface area contributed by atoms with Gasteiger partial charge in [-0.2, -0.15) is 0 Å². The molecule has 0 spiro atoms. The number of hydrogen-bond acceptors (Lipinski definition) is 0. The molecule has 0 nitrogen and oxygen atoms in total. The molecule has 38 valence electrons. The molecule has 0 rings (SSSR count). The van der Waals surface area contributed by atoms with Crippen molar-refractivity contribution in [2.75, 3.05) is 0 Å². The van der Waals surface area contributed by atoms with Crippen molar-refractivity contribution in [3.63, 3.8) is 0 Å². The van der Waals surface area contributed by atoms with Crippen LogP contribution in [-0.2, 0) is 75.0 Å².